The summed E-state index contributed by atoms with van der Waals surface area (Å²) in [6, 6.07) is 5.98. The maximum absolute atomic E-state index is 10.5. The molecule has 0 spiro atoms. The van der Waals surface area contributed by atoms with Gasteiger partial charge in [0.2, 0.25) is 0 Å². The molecule has 19 heavy (non-hydrogen) atoms. The first-order valence-corrected chi connectivity index (χ1v) is 7.41. The molecule has 0 saturated heterocycles. The van der Waals surface area contributed by atoms with E-state index in [1.54, 1.807) is 0 Å². The van der Waals surface area contributed by atoms with E-state index < -0.39 is 5.97 Å². The first kappa shape index (κ1) is 14.0. The molecule has 1 heterocycles. The van der Waals surface area contributed by atoms with Crippen molar-refractivity contribution in [1.29, 1.82) is 0 Å². The van der Waals surface area contributed by atoms with E-state index in [4.69, 9.17) is 5.11 Å². The molecule has 100 valence electrons. The minimum atomic E-state index is -0.800. The van der Waals surface area contributed by atoms with Crippen LogP contribution in [0.2, 0.25) is 0 Å². The van der Waals surface area contributed by atoms with Crippen molar-refractivity contribution in [3.05, 3.63) is 39.3 Å². The molecule has 2 aromatic rings. The van der Waals surface area contributed by atoms with Gasteiger partial charge in [-0.3, -0.25) is 4.79 Å². The van der Waals surface area contributed by atoms with Crippen molar-refractivity contribution < 1.29 is 9.90 Å². The minimum absolute atomic E-state index is 0.112. The molecule has 0 bridgehead atoms. The number of halogens is 1. The maximum Gasteiger partial charge on any atom is 0.303 e. The molecule has 4 nitrogen and oxygen atoms in total. The molecule has 6 heteroatoms. The molecule has 0 aliphatic heterocycles. The number of hydrogen-bond donors (Lipinski definition) is 2. The number of anilines is 2. The van der Waals surface area contributed by atoms with Crippen LogP contribution in [0.3, 0.4) is 0 Å². The second-order valence-electron chi connectivity index (χ2n) is 4.12. The quantitative estimate of drug-likeness (QED) is 0.864. The molecule has 0 unspecified atom stereocenters. The number of aliphatic carboxylic acids is 1. The van der Waals surface area contributed by atoms with E-state index in [9.17, 15) is 4.79 Å². The van der Waals surface area contributed by atoms with Crippen LogP contribution in [0.5, 0.6) is 0 Å². The number of carboxylic acids is 1. The third kappa shape index (κ3) is 4.04. The van der Waals surface area contributed by atoms with Crippen LogP contribution in [0.15, 0.2) is 28.1 Å². The molecule has 0 aliphatic rings. The van der Waals surface area contributed by atoms with Crippen LogP contribution >= 0.6 is 27.3 Å². The lowest BCUT2D eigenvalue weighted by molar-refractivity contribution is -0.136. The zero-order valence-corrected chi connectivity index (χ0v) is 12.7. The van der Waals surface area contributed by atoms with Crippen LogP contribution in [0.25, 0.3) is 0 Å². The van der Waals surface area contributed by atoms with E-state index in [0.29, 0.717) is 6.42 Å². The van der Waals surface area contributed by atoms with Crippen LogP contribution in [0.4, 0.5) is 10.8 Å². The van der Waals surface area contributed by atoms with Crippen molar-refractivity contribution in [3.8, 4) is 0 Å². The average molecular weight is 341 g/mol. The van der Waals surface area contributed by atoms with Crippen LogP contribution < -0.4 is 5.32 Å². The first-order chi connectivity index (χ1) is 9.04. The second-order valence-corrected chi connectivity index (χ2v) is 5.90. The molecule has 0 fully saturated rings. The fourth-order valence-corrected chi connectivity index (χ4v) is 2.83. The number of thiazole rings is 1. The average Bonchev–Trinajstić information content (AvgIpc) is 2.78. The fraction of sp³-hybridized carbons (Fsp3) is 0.231. The van der Waals surface area contributed by atoms with E-state index in [1.165, 1.54) is 11.3 Å². The first-order valence-electron chi connectivity index (χ1n) is 5.74. The number of carboxylic acid groups (broad SMARTS) is 1. The van der Waals surface area contributed by atoms with Crippen molar-refractivity contribution in [1.82, 2.24) is 4.98 Å². The largest absolute Gasteiger partial charge is 0.481 e. The zero-order chi connectivity index (χ0) is 13.8. The Morgan fingerprint density at radius 1 is 1.53 bits per heavy atom. The van der Waals surface area contributed by atoms with E-state index in [1.807, 2.05) is 30.5 Å². The van der Waals surface area contributed by atoms with E-state index >= 15 is 0 Å². The third-order valence-electron chi connectivity index (χ3n) is 2.58. The number of aromatic nitrogens is 1. The van der Waals surface area contributed by atoms with Crippen molar-refractivity contribution in [2.45, 2.75) is 19.8 Å². The third-order valence-corrected chi connectivity index (χ3v) is 3.88. The SMILES string of the molecule is Cc1cc(Br)ccc1Nc1nc(CCC(=O)O)cs1. The molecule has 2 rings (SSSR count). The van der Waals surface area contributed by atoms with Gasteiger partial charge in [-0.25, -0.2) is 4.98 Å². The molecule has 1 aromatic carbocycles. The molecule has 0 aliphatic carbocycles. The zero-order valence-electron chi connectivity index (χ0n) is 10.3. The molecular formula is C13H13BrN2O2S. The molecular weight excluding hydrogens is 328 g/mol. The summed E-state index contributed by atoms with van der Waals surface area (Å²) in [5.41, 5.74) is 2.93. The minimum Gasteiger partial charge on any atom is -0.481 e. The summed E-state index contributed by atoms with van der Waals surface area (Å²) in [5.74, 6) is -0.800. The predicted octanol–water partition coefficient (Wildman–Crippen LogP) is 3.97. The van der Waals surface area contributed by atoms with Crippen LogP contribution in [0.1, 0.15) is 17.7 Å². The summed E-state index contributed by atoms with van der Waals surface area (Å²) < 4.78 is 1.04. The number of nitrogens with one attached hydrogen (secondary N) is 1. The smallest absolute Gasteiger partial charge is 0.303 e. The lowest BCUT2D eigenvalue weighted by Crippen LogP contribution is -1.98. The molecule has 0 saturated carbocycles. The van der Waals surface area contributed by atoms with Crippen molar-refractivity contribution >= 4 is 44.1 Å². The van der Waals surface area contributed by atoms with E-state index in [-0.39, 0.29) is 6.42 Å². The Labute approximate surface area is 123 Å². The number of rotatable bonds is 5. The Bertz CT molecular complexity index is 598. The highest BCUT2D eigenvalue weighted by atomic mass is 79.9. The Balaban J connectivity index is 2.05. The maximum atomic E-state index is 10.5. The number of carbonyl (C=O) groups is 1. The Morgan fingerprint density at radius 3 is 3.00 bits per heavy atom. The van der Waals surface area contributed by atoms with Gasteiger partial charge in [-0.1, -0.05) is 15.9 Å². The molecule has 0 amide bonds. The van der Waals surface area contributed by atoms with Gasteiger partial charge < -0.3 is 10.4 Å². The summed E-state index contributed by atoms with van der Waals surface area (Å²) in [6.07, 6.45) is 0.577. The highest BCUT2D eigenvalue weighted by Crippen LogP contribution is 2.26. The van der Waals surface area contributed by atoms with Gasteiger partial charge in [0, 0.05) is 22.0 Å². The van der Waals surface area contributed by atoms with Gasteiger partial charge in [-0.15, -0.1) is 11.3 Å². The highest BCUT2D eigenvalue weighted by Gasteiger charge is 2.06. The van der Waals surface area contributed by atoms with Gasteiger partial charge in [0.15, 0.2) is 5.13 Å². The van der Waals surface area contributed by atoms with E-state index in [0.717, 1.165) is 26.5 Å². The van der Waals surface area contributed by atoms with Crippen molar-refractivity contribution in [3.63, 3.8) is 0 Å². The summed E-state index contributed by atoms with van der Waals surface area (Å²) in [7, 11) is 0. The second kappa shape index (κ2) is 6.16. The van der Waals surface area contributed by atoms with Gasteiger partial charge in [0.05, 0.1) is 12.1 Å². The van der Waals surface area contributed by atoms with Crippen LogP contribution in [-0.2, 0) is 11.2 Å². The van der Waals surface area contributed by atoms with Gasteiger partial charge in [-0.05, 0) is 30.7 Å². The molecule has 0 radical (unpaired) electrons. The Kier molecular flexibility index (Phi) is 4.55. The summed E-state index contributed by atoms with van der Waals surface area (Å²) in [5, 5.41) is 14.6. The number of benzene rings is 1. The normalized spacial score (nSPS) is 10.4. The summed E-state index contributed by atoms with van der Waals surface area (Å²) in [4.78, 5) is 14.9. The lowest BCUT2D eigenvalue weighted by atomic mass is 10.2. The molecule has 1 aromatic heterocycles. The van der Waals surface area contributed by atoms with Gasteiger partial charge >= 0.3 is 5.97 Å². The van der Waals surface area contributed by atoms with Crippen LogP contribution in [-0.4, -0.2) is 16.1 Å². The van der Waals surface area contributed by atoms with Gasteiger partial charge in [0.1, 0.15) is 0 Å². The Morgan fingerprint density at radius 2 is 2.32 bits per heavy atom. The summed E-state index contributed by atoms with van der Waals surface area (Å²) in [6.45, 7) is 2.02. The van der Waals surface area contributed by atoms with Crippen molar-refractivity contribution in [2.75, 3.05) is 5.32 Å². The summed E-state index contributed by atoms with van der Waals surface area (Å²) >= 11 is 4.91. The van der Waals surface area contributed by atoms with Crippen LogP contribution in [0, 0.1) is 6.92 Å². The topological polar surface area (TPSA) is 62.2 Å². The predicted molar refractivity (Wildman–Crippen MR) is 80.2 cm³/mol. The lowest BCUT2D eigenvalue weighted by Gasteiger charge is -2.06. The van der Waals surface area contributed by atoms with Gasteiger partial charge in [-0.2, -0.15) is 0 Å². The highest BCUT2D eigenvalue weighted by molar-refractivity contribution is 9.10. The molecule has 0 atom stereocenters. The monoisotopic (exact) mass is 340 g/mol. The molecule has 2 N–H and O–H groups in total. The van der Waals surface area contributed by atoms with E-state index in [2.05, 4.69) is 26.2 Å². The fourth-order valence-electron chi connectivity index (χ4n) is 1.60. The van der Waals surface area contributed by atoms with Gasteiger partial charge in [0.25, 0.3) is 0 Å². The Hall–Kier alpha value is -1.40. The number of hydrogen-bond acceptors (Lipinski definition) is 4. The number of nitrogens with zero attached hydrogens (tertiary/aromatic N) is 1. The van der Waals surface area contributed by atoms with Crippen molar-refractivity contribution in [2.24, 2.45) is 0 Å². The number of aryl methyl sites for hydroxylation is 2. The standard InChI is InChI=1S/C13H13BrN2O2S/c1-8-6-9(14)2-4-11(8)16-13-15-10(7-19-13)3-5-12(17)18/h2,4,6-7H,3,5H2,1H3,(H,15,16)(H,17,18).